The lowest BCUT2D eigenvalue weighted by atomic mass is 10.2. The van der Waals surface area contributed by atoms with Crippen molar-refractivity contribution in [3.8, 4) is 5.69 Å². The molecule has 0 bridgehead atoms. The van der Waals surface area contributed by atoms with Crippen molar-refractivity contribution in [2.24, 2.45) is 0 Å². The molecule has 18 heavy (non-hydrogen) atoms. The van der Waals surface area contributed by atoms with E-state index in [4.69, 9.17) is 23.2 Å². The number of benzene rings is 1. The zero-order chi connectivity index (χ0) is 13.3. The van der Waals surface area contributed by atoms with Crippen molar-refractivity contribution in [2.75, 3.05) is 0 Å². The fraction of sp³-hybridized carbons (Fsp3) is 0.182. The summed E-state index contributed by atoms with van der Waals surface area (Å²) >= 11 is 11.3. The number of alkyl halides is 4. The smallest absolute Gasteiger partial charge is 0.241 e. The van der Waals surface area contributed by atoms with Crippen molar-refractivity contribution in [3.63, 3.8) is 0 Å². The molecular weight excluding hydrogens is 288 g/mol. The number of aromatic nitrogens is 2. The first-order valence-corrected chi connectivity index (χ1v) is 5.80. The summed E-state index contributed by atoms with van der Waals surface area (Å²) in [6.45, 7) is 0. The third kappa shape index (κ3) is 2.79. The fourth-order valence-corrected chi connectivity index (χ4v) is 1.82. The third-order valence-corrected chi connectivity index (χ3v) is 2.75. The second kappa shape index (κ2) is 4.82. The van der Waals surface area contributed by atoms with Gasteiger partial charge in [-0.15, -0.1) is 11.6 Å². The summed E-state index contributed by atoms with van der Waals surface area (Å²) in [7, 11) is 0. The molecule has 7 heteroatoms. The number of nitrogens with zero attached hydrogens (tertiary/aromatic N) is 2. The molecule has 0 atom stereocenters. The van der Waals surface area contributed by atoms with Crippen molar-refractivity contribution < 1.29 is 13.2 Å². The third-order valence-electron chi connectivity index (χ3n) is 2.26. The molecule has 2 nitrogen and oxygen atoms in total. The Kier molecular flexibility index (Phi) is 3.54. The van der Waals surface area contributed by atoms with Crippen LogP contribution in [-0.2, 0) is 12.1 Å². The molecule has 0 aliphatic heterocycles. The molecule has 2 aromatic rings. The van der Waals surface area contributed by atoms with Gasteiger partial charge in [-0.1, -0.05) is 11.6 Å². The number of rotatable bonds is 2. The van der Waals surface area contributed by atoms with Crippen LogP contribution in [0.2, 0.25) is 5.02 Å². The van der Waals surface area contributed by atoms with Crippen LogP contribution in [0.1, 0.15) is 11.3 Å². The van der Waals surface area contributed by atoms with Crippen molar-refractivity contribution in [1.82, 2.24) is 9.78 Å². The Balaban J connectivity index is 2.48. The monoisotopic (exact) mass is 294 g/mol. The highest BCUT2D eigenvalue weighted by Crippen LogP contribution is 2.32. The first kappa shape index (κ1) is 13.2. The minimum atomic E-state index is -4.44. The Morgan fingerprint density at radius 3 is 2.50 bits per heavy atom. The van der Waals surface area contributed by atoms with Crippen LogP contribution >= 0.6 is 23.2 Å². The zero-order valence-corrected chi connectivity index (χ0v) is 10.4. The van der Waals surface area contributed by atoms with E-state index in [1.54, 1.807) is 6.07 Å². The van der Waals surface area contributed by atoms with Crippen LogP contribution in [0.4, 0.5) is 13.2 Å². The number of hydrogen-bond acceptors (Lipinski definition) is 1. The van der Waals surface area contributed by atoms with E-state index >= 15 is 0 Å². The predicted molar refractivity (Wildman–Crippen MR) is 63.1 cm³/mol. The standard InChI is InChI=1S/C11H7Cl2F3N2/c12-6-9-1-2-18(17-9)10-4-7(11(14,15)16)3-8(13)5-10/h1-5H,6H2. The summed E-state index contributed by atoms with van der Waals surface area (Å²) in [4.78, 5) is 0. The van der Waals surface area contributed by atoms with Gasteiger partial charge in [-0.2, -0.15) is 18.3 Å². The van der Waals surface area contributed by atoms with Crippen LogP contribution in [0.15, 0.2) is 30.5 Å². The van der Waals surface area contributed by atoms with E-state index in [1.165, 1.54) is 16.9 Å². The Labute approximate surface area is 111 Å². The lowest BCUT2D eigenvalue weighted by Gasteiger charge is -2.09. The van der Waals surface area contributed by atoms with Crippen LogP contribution in [0.3, 0.4) is 0 Å². The summed E-state index contributed by atoms with van der Waals surface area (Å²) in [6.07, 6.45) is -2.91. The fourth-order valence-electron chi connectivity index (χ4n) is 1.45. The summed E-state index contributed by atoms with van der Waals surface area (Å²) in [5, 5.41) is 4.02. The molecule has 1 aromatic heterocycles. The first-order chi connectivity index (χ1) is 8.40. The van der Waals surface area contributed by atoms with Gasteiger partial charge in [0, 0.05) is 11.2 Å². The maximum Gasteiger partial charge on any atom is 0.416 e. The highest BCUT2D eigenvalue weighted by Gasteiger charge is 2.31. The van der Waals surface area contributed by atoms with E-state index in [9.17, 15) is 13.2 Å². The number of halogens is 5. The topological polar surface area (TPSA) is 17.8 Å². The summed E-state index contributed by atoms with van der Waals surface area (Å²) in [6, 6.07) is 4.89. The minimum Gasteiger partial charge on any atom is -0.241 e. The van der Waals surface area contributed by atoms with Gasteiger partial charge in [-0.05, 0) is 24.3 Å². The highest BCUT2D eigenvalue weighted by atomic mass is 35.5. The molecule has 0 aliphatic carbocycles. The molecule has 0 saturated heterocycles. The van der Waals surface area contributed by atoms with E-state index in [0.717, 1.165) is 12.1 Å². The average molecular weight is 295 g/mol. The van der Waals surface area contributed by atoms with E-state index in [-0.39, 0.29) is 16.6 Å². The SMILES string of the molecule is FC(F)(F)c1cc(Cl)cc(-n2ccc(CCl)n2)c1. The largest absolute Gasteiger partial charge is 0.416 e. The van der Waals surface area contributed by atoms with Crippen molar-refractivity contribution in [1.29, 1.82) is 0 Å². The first-order valence-electron chi connectivity index (χ1n) is 4.89. The molecule has 0 amide bonds. The van der Waals surface area contributed by atoms with Crippen molar-refractivity contribution in [3.05, 3.63) is 46.7 Å². The molecule has 0 saturated carbocycles. The van der Waals surface area contributed by atoms with E-state index in [2.05, 4.69) is 5.10 Å². The molecule has 2 rings (SSSR count). The Morgan fingerprint density at radius 1 is 1.22 bits per heavy atom. The number of hydrogen-bond donors (Lipinski definition) is 0. The molecule has 0 aliphatic rings. The van der Waals surface area contributed by atoms with E-state index in [1.807, 2.05) is 0 Å². The minimum absolute atomic E-state index is 0.00254. The molecule has 1 aromatic carbocycles. The summed E-state index contributed by atoms with van der Waals surface area (Å²) in [5.74, 6) is 0.194. The van der Waals surface area contributed by atoms with E-state index in [0.29, 0.717) is 5.69 Å². The van der Waals surface area contributed by atoms with Crippen LogP contribution in [0, 0.1) is 0 Å². The summed E-state index contributed by atoms with van der Waals surface area (Å²) in [5.41, 5.74) is 0.00400. The van der Waals surface area contributed by atoms with Gasteiger partial charge < -0.3 is 0 Å². The average Bonchev–Trinajstić information content (AvgIpc) is 2.75. The van der Waals surface area contributed by atoms with Gasteiger partial charge in [0.05, 0.1) is 22.8 Å². The zero-order valence-electron chi connectivity index (χ0n) is 8.88. The molecule has 0 unspecified atom stereocenters. The second-order valence-corrected chi connectivity index (χ2v) is 4.28. The summed E-state index contributed by atoms with van der Waals surface area (Å²) < 4.78 is 39.2. The molecule has 1 heterocycles. The van der Waals surface area contributed by atoms with Crippen LogP contribution in [0.25, 0.3) is 5.69 Å². The Bertz CT molecular complexity index is 564. The van der Waals surface area contributed by atoms with Gasteiger partial charge in [0.15, 0.2) is 0 Å². The van der Waals surface area contributed by atoms with Crippen LogP contribution in [0.5, 0.6) is 0 Å². The van der Waals surface area contributed by atoms with Gasteiger partial charge in [-0.3, -0.25) is 0 Å². The van der Waals surface area contributed by atoms with Crippen molar-refractivity contribution in [2.45, 2.75) is 12.1 Å². The molecule has 0 radical (unpaired) electrons. The van der Waals surface area contributed by atoms with E-state index < -0.39 is 11.7 Å². The Morgan fingerprint density at radius 2 is 1.94 bits per heavy atom. The normalized spacial score (nSPS) is 11.8. The van der Waals surface area contributed by atoms with Gasteiger partial charge >= 0.3 is 6.18 Å². The van der Waals surface area contributed by atoms with Gasteiger partial charge in [0.1, 0.15) is 0 Å². The van der Waals surface area contributed by atoms with Crippen LogP contribution in [-0.4, -0.2) is 9.78 Å². The predicted octanol–water partition coefficient (Wildman–Crippen LogP) is 4.28. The van der Waals surface area contributed by atoms with Gasteiger partial charge in [-0.25, -0.2) is 4.68 Å². The van der Waals surface area contributed by atoms with Gasteiger partial charge in [0.2, 0.25) is 0 Å². The molecular formula is C11H7Cl2F3N2. The molecule has 0 N–H and O–H groups in total. The van der Waals surface area contributed by atoms with Crippen LogP contribution < -0.4 is 0 Å². The van der Waals surface area contributed by atoms with Gasteiger partial charge in [0.25, 0.3) is 0 Å². The highest BCUT2D eigenvalue weighted by molar-refractivity contribution is 6.30. The molecule has 0 fully saturated rings. The quantitative estimate of drug-likeness (QED) is 0.756. The van der Waals surface area contributed by atoms with Crippen molar-refractivity contribution >= 4 is 23.2 Å². The maximum atomic E-state index is 12.6. The lowest BCUT2D eigenvalue weighted by Crippen LogP contribution is -2.06. The molecule has 96 valence electrons. The Hall–Kier alpha value is -1.20. The molecule has 0 spiro atoms. The maximum absolute atomic E-state index is 12.6. The lowest BCUT2D eigenvalue weighted by molar-refractivity contribution is -0.137. The second-order valence-electron chi connectivity index (χ2n) is 3.58.